The van der Waals surface area contributed by atoms with E-state index in [9.17, 15) is 9.90 Å². The van der Waals surface area contributed by atoms with Crippen LogP contribution in [0.3, 0.4) is 0 Å². The van der Waals surface area contributed by atoms with Gasteiger partial charge in [0.15, 0.2) is 0 Å². The number of aromatic amines is 1. The maximum absolute atomic E-state index is 11.3. The zero-order valence-corrected chi connectivity index (χ0v) is 9.73. The minimum atomic E-state index is -0.397. The summed E-state index contributed by atoms with van der Waals surface area (Å²) < 4.78 is 0.0439. The standard InChI is InChI=1S/C10H8BrN3O2/c11-8-9(15)13-7(14-10(8)16)4-6-2-1-3-12-5-6/h1-3,5H,4H2,(H2,13,14,15,16). The van der Waals surface area contributed by atoms with Crippen LogP contribution in [0.4, 0.5) is 0 Å². The Balaban J connectivity index is 2.33. The van der Waals surface area contributed by atoms with Crippen molar-refractivity contribution in [1.29, 1.82) is 0 Å². The Labute approximate surface area is 99.3 Å². The molecule has 0 aromatic carbocycles. The van der Waals surface area contributed by atoms with E-state index in [0.717, 1.165) is 5.56 Å². The highest BCUT2D eigenvalue weighted by Gasteiger charge is 2.07. The number of pyridine rings is 1. The first kappa shape index (κ1) is 10.8. The van der Waals surface area contributed by atoms with Gasteiger partial charge in [-0.2, -0.15) is 4.98 Å². The number of aromatic hydroxyl groups is 1. The van der Waals surface area contributed by atoms with Gasteiger partial charge in [0.1, 0.15) is 10.3 Å². The van der Waals surface area contributed by atoms with Crippen LogP contribution in [0, 0.1) is 0 Å². The van der Waals surface area contributed by atoms with E-state index >= 15 is 0 Å². The first-order valence-corrected chi connectivity index (χ1v) is 5.32. The van der Waals surface area contributed by atoms with E-state index in [1.54, 1.807) is 18.5 Å². The topological polar surface area (TPSA) is 78.9 Å². The molecular formula is C10H8BrN3O2. The highest BCUT2D eigenvalue weighted by Crippen LogP contribution is 2.15. The van der Waals surface area contributed by atoms with Crippen molar-refractivity contribution in [3.8, 4) is 5.88 Å². The summed E-state index contributed by atoms with van der Waals surface area (Å²) in [6, 6.07) is 3.66. The molecular weight excluding hydrogens is 274 g/mol. The second-order valence-corrected chi connectivity index (χ2v) is 3.98. The lowest BCUT2D eigenvalue weighted by atomic mass is 10.2. The molecule has 0 aliphatic carbocycles. The van der Waals surface area contributed by atoms with E-state index in [1.807, 2.05) is 6.07 Å². The molecule has 0 fully saturated rings. The molecule has 0 radical (unpaired) electrons. The molecule has 6 heteroatoms. The fourth-order valence-corrected chi connectivity index (χ4v) is 1.46. The predicted molar refractivity (Wildman–Crippen MR) is 61.3 cm³/mol. The van der Waals surface area contributed by atoms with Crippen molar-refractivity contribution in [3.63, 3.8) is 0 Å². The molecule has 0 atom stereocenters. The molecule has 0 unspecified atom stereocenters. The molecule has 0 aliphatic rings. The van der Waals surface area contributed by atoms with Gasteiger partial charge in [-0.15, -0.1) is 0 Å². The van der Waals surface area contributed by atoms with Crippen molar-refractivity contribution in [3.05, 3.63) is 50.7 Å². The second kappa shape index (κ2) is 4.44. The van der Waals surface area contributed by atoms with Crippen LogP contribution in [0.2, 0.25) is 0 Å². The van der Waals surface area contributed by atoms with Crippen molar-refractivity contribution < 1.29 is 5.11 Å². The summed E-state index contributed by atoms with van der Waals surface area (Å²) in [5.41, 5.74) is 0.513. The monoisotopic (exact) mass is 281 g/mol. The SMILES string of the molecule is O=c1[nH]c(Cc2cccnc2)nc(O)c1Br. The number of hydrogen-bond donors (Lipinski definition) is 2. The number of nitrogens with zero attached hydrogens (tertiary/aromatic N) is 2. The van der Waals surface area contributed by atoms with E-state index in [2.05, 4.69) is 30.9 Å². The zero-order valence-electron chi connectivity index (χ0n) is 8.14. The lowest BCUT2D eigenvalue weighted by Crippen LogP contribution is -2.12. The van der Waals surface area contributed by atoms with Crippen molar-refractivity contribution in [2.24, 2.45) is 0 Å². The van der Waals surface area contributed by atoms with Crippen LogP contribution in [-0.2, 0) is 6.42 Å². The third kappa shape index (κ3) is 2.27. The van der Waals surface area contributed by atoms with Crippen LogP contribution in [0.15, 0.2) is 33.8 Å². The molecule has 2 aromatic heterocycles. The molecule has 2 rings (SSSR count). The summed E-state index contributed by atoms with van der Waals surface area (Å²) in [5.74, 6) is 0.0985. The van der Waals surface area contributed by atoms with Crippen molar-refractivity contribution in [2.45, 2.75) is 6.42 Å². The number of aromatic nitrogens is 3. The molecule has 0 saturated heterocycles. The van der Waals surface area contributed by atoms with Gasteiger partial charge >= 0.3 is 0 Å². The van der Waals surface area contributed by atoms with Gasteiger partial charge in [-0.3, -0.25) is 9.78 Å². The number of H-pyrrole nitrogens is 1. The van der Waals surface area contributed by atoms with Crippen molar-refractivity contribution in [2.75, 3.05) is 0 Å². The summed E-state index contributed by atoms with van der Waals surface area (Å²) in [6.07, 6.45) is 3.77. The Kier molecular flexibility index (Phi) is 3.00. The quantitative estimate of drug-likeness (QED) is 0.868. The molecule has 2 N–H and O–H groups in total. The first-order chi connectivity index (χ1) is 7.66. The second-order valence-electron chi connectivity index (χ2n) is 3.19. The molecule has 82 valence electrons. The van der Waals surface area contributed by atoms with Gasteiger partial charge in [-0.1, -0.05) is 6.07 Å². The fourth-order valence-electron chi connectivity index (χ4n) is 1.27. The van der Waals surface area contributed by atoms with Gasteiger partial charge in [-0.05, 0) is 27.6 Å². The van der Waals surface area contributed by atoms with Crippen LogP contribution in [0.1, 0.15) is 11.4 Å². The van der Waals surface area contributed by atoms with Crippen molar-refractivity contribution in [1.82, 2.24) is 15.0 Å². The molecule has 0 aliphatic heterocycles. The Morgan fingerprint density at radius 3 is 2.94 bits per heavy atom. The summed E-state index contributed by atoms with van der Waals surface area (Å²) in [6.45, 7) is 0. The van der Waals surface area contributed by atoms with Crippen LogP contribution >= 0.6 is 15.9 Å². The third-order valence-electron chi connectivity index (χ3n) is 1.99. The fraction of sp³-hybridized carbons (Fsp3) is 0.100. The lowest BCUT2D eigenvalue weighted by molar-refractivity contribution is 0.444. The Morgan fingerprint density at radius 2 is 2.31 bits per heavy atom. The summed E-state index contributed by atoms with van der Waals surface area (Å²) >= 11 is 2.93. The average Bonchev–Trinajstić information content (AvgIpc) is 2.27. The molecule has 2 heterocycles. The minimum Gasteiger partial charge on any atom is -0.492 e. The number of halogens is 1. The van der Waals surface area contributed by atoms with E-state index in [4.69, 9.17) is 0 Å². The first-order valence-electron chi connectivity index (χ1n) is 4.53. The van der Waals surface area contributed by atoms with Crippen LogP contribution in [0.25, 0.3) is 0 Å². The molecule has 0 bridgehead atoms. The molecule has 0 spiro atoms. The zero-order chi connectivity index (χ0) is 11.5. The maximum atomic E-state index is 11.3. The van der Waals surface area contributed by atoms with Gasteiger partial charge in [-0.25, -0.2) is 0 Å². The van der Waals surface area contributed by atoms with Crippen LogP contribution < -0.4 is 5.56 Å². The average molecular weight is 282 g/mol. The van der Waals surface area contributed by atoms with Crippen LogP contribution in [-0.4, -0.2) is 20.1 Å². The number of nitrogens with one attached hydrogen (secondary N) is 1. The number of rotatable bonds is 2. The molecule has 0 saturated carbocycles. The highest BCUT2D eigenvalue weighted by molar-refractivity contribution is 9.10. The highest BCUT2D eigenvalue weighted by atomic mass is 79.9. The maximum Gasteiger partial charge on any atom is 0.269 e. The van der Waals surface area contributed by atoms with Gasteiger partial charge in [0, 0.05) is 18.8 Å². The number of hydrogen-bond acceptors (Lipinski definition) is 4. The minimum absolute atomic E-state index is 0.0439. The summed E-state index contributed by atoms with van der Waals surface area (Å²) in [5, 5.41) is 9.37. The largest absolute Gasteiger partial charge is 0.492 e. The van der Waals surface area contributed by atoms with Gasteiger partial charge < -0.3 is 10.1 Å². The Hall–Kier alpha value is -1.69. The van der Waals surface area contributed by atoms with E-state index in [1.165, 1.54) is 0 Å². The molecule has 5 nitrogen and oxygen atoms in total. The van der Waals surface area contributed by atoms with Crippen molar-refractivity contribution >= 4 is 15.9 Å². The summed E-state index contributed by atoms with van der Waals surface area (Å²) in [4.78, 5) is 21.7. The smallest absolute Gasteiger partial charge is 0.269 e. The summed E-state index contributed by atoms with van der Waals surface area (Å²) in [7, 11) is 0. The van der Waals surface area contributed by atoms with Crippen LogP contribution in [0.5, 0.6) is 5.88 Å². The molecule has 2 aromatic rings. The Morgan fingerprint density at radius 1 is 1.50 bits per heavy atom. The molecule has 0 amide bonds. The van der Waals surface area contributed by atoms with Gasteiger partial charge in [0.2, 0.25) is 5.88 Å². The third-order valence-corrected chi connectivity index (χ3v) is 2.70. The normalized spacial score (nSPS) is 10.3. The van der Waals surface area contributed by atoms with E-state index in [-0.39, 0.29) is 10.4 Å². The Bertz CT molecular complexity index is 554. The van der Waals surface area contributed by atoms with Gasteiger partial charge in [0.05, 0.1) is 0 Å². The lowest BCUT2D eigenvalue weighted by Gasteiger charge is -2.02. The predicted octanol–water partition coefficient (Wildman–Crippen LogP) is 1.22. The van der Waals surface area contributed by atoms with E-state index in [0.29, 0.717) is 12.2 Å². The van der Waals surface area contributed by atoms with E-state index < -0.39 is 5.56 Å². The molecule has 16 heavy (non-hydrogen) atoms. The van der Waals surface area contributed by atoms with Gasteiger partial charge in [0.25, 0.3) is 5.56 Å².